The second-order valence-electron chi connectivity index (χ2n) is 15.1. The number of amides is 7. The van der Waals surface area contributed by atoms with Crippen LogP contribution in [0.15, 0.2) is 77.7 Å². The molecule has 1 saturated heterocycles. The first-order chi connectivity index (χ1) is 30.5. The number of piperidine rings is 1. The van der Waals surface area contributed by atoms with Crippen molar-refractivity contribution in [3.8, 4) is 17.1 Å². The number of nitrogens with two attached hydrogens (primary N) is 1. The van der Waals surface area contributed by atoms with Gasteiger partial charge < -0.3 is 35.6 Å². The molecule has 1 unspecified atom stereocenters. The second kappa shape index (κ2) is 18.6. The Labute approximate surface area is 358 Å². The molecule has 3 aromatic heterocycles. The number of primary amides is 1. The number of fused-ring (bicyclic) bond motifs is 1. The maximum atomic E-state index is 13.3. The normalized spacial score (nSPS) is 15.9. The lowest BCUT2D eigenvalue weighted by molar-refractivity contribution is -0.136. The molecule has 5 aromatic rings. The number of ether oxygens (including phenoxy) is 2. The second-order valence-corrected chi connectivity index (χ2v) is 15.1. The number of carbonyl (C=O) groups is 7. The Balaban J connectivity index is 0.760. The summed E-state index contributed by atoms with van der Waals surface area (Å²) in [6.07, 6.45) is 7.76. The van der Waals surface area contributed by atoms with E-state index >= 15 is 0 Å². The standard InChI is InChI=1S/C43H42N10O10/c44-38(56)37-30(48-39(57)31-22-63-41(49-31)26-14-15-45-33(19-26)46-20-24-6-7-24)21-52(51-37)28-10-8-27(9-11-28)47-35(55)23-62-18-17-61-16-2-4-25-3-1-5-29-36(25)43(60)53(42(29)59)32-12-13-34(54)50-40(32)58/h1,3,5,8-11,14-15,19,21-22,24,32H,2,4,6-7,12-13,16-18,20,23H2,(H2,44,56)(H,45,46)(H,47,55)(H,48,57)(H,50,54,58). The van der Waals surface area contributed by atoms with Gasteiger partial charge in [0.05, 0.1) is 41.9 Å². The van der Waals surface area contributed by atoms with Crippen LogP contribution in [-0.4, -0.2) is 105 Å². The van der Waals surface area contributed by atoms with E-state index in [9.17, 15) is 33.6 Å². The minimum Gasteiger partial charge on any atom is -0.444 e. The number of aryl methyl sites for hydroxylation is 1. The number of anilines is 3. The van der Waals surface area contributed by atoms with E-state index in [1.54, 1.807) is 60.8 Å². The van der Waals surface area contributed by atoms with Crippen molar-refractivity contribution < 1.29 is 47.5 Å². The molecule has 63 heavy (non-hydrogen) atoms. The SMILES string of the molecule is NC(=O)c1nn(-c2ccc(NC(=O)COCCOCCCc3cccc4c3C(=O)N(C3CCC(=O)NC3=O)C4=O)cc2)cc1NC(=O)c1coc(-c2ccnc(NCC3CC3)c2)n1. The van der Waals surface area contributed by atoms with Gasteiger partial charge in [0.1, 0.15) is 24.7 Å². The van der Waals surface area contributed by atoms with E-state index < -0.39 is 47.4 Å². The molecule has 1 atom stereocenters. The van der Waals surface area contributed by atoms with Gasteiger partial charge in [-0.05, 0) is 86.1 Å². The molecule has 3 aliphatic rings. The van der Waals surface area contributed by atoms with Gasteiger partial charge in [-0.1, -0.05) is 12.1 Å². The summed E-state index contributed by atoms with van der Waals surface area (Å²) in [5.74, 6) is -2.57. The number of carbonyl (C=O) groups excluding carboxylic acids is 7. The molecule has 2 aliphatic heterocycles. The Morgan fingerprint density at radius 1 is 0.937 bits per heavy atom. The third kappa shape index (κ3) is 9.82. The monoisotopic (exact) mass is 858 g/mol. The van der Waals surface area contributed by atoms with E-state index in [2.05, 4.69) is 36.3 Å². The topological polar surface area (TPSA) is 272 Å². The number of aromatic nitrogens is 4. The van der Waals surface area contributed by atoms with Gasteiger partial charge in [-0.15, -0.1) is 0 Å². The van der Waals surface area contributed by atoms with E-state index in [1.165, 1.54) is 30.0 Å². The molecule has 2 fully saturated rings. The fraction of sp³-hybridized carbons (Fsp3) is 0.302. The number of hydrogen-bond donors (Lipinski definition) is 5. The predicted octanol–water partition coefficient (Wildman–Crippen LogP) is 3.10. The first-order valence-electron chi connectivity index (χ1n) is 20.3. The maximum absolute atomic E-state index is 13.3. The van der Waals surface area contributed by atoms with E-state index in [0.717, 1.165) is 11.4 Å². The molecule has 0 radical (unpaired) electrons. The van der Waals surface area contributed by atoms with Gasteiger partial charge in [0.15, 0.2) is 11.4 Å². The van der Waals surface area contributed by atoms with Gasteiger partial charge >= 0.3 is 0 Å². The average Bonchev–Trinajstić information content (AvgIpc) is 3.68. The highest BCUT2D eigenvalue weighted by Gasteiger charge is 2.45. The number of hydrogen-bond acceptors (Lipinski definition) is 14. The first kappa shape index (κ1) is 42.1. The molecule has 0 bridgehead atoms. The van der Waals surface area contributed by atoms with Crippen molar-refractivity contribution in [1.82, 2.24) is 30.0 Å². The van der Waals surface area contributed by atoms with Crippen LogP contribution in [0.1, 0.15) is 79.4 Å². The van der Waals surface area contributed by atoms with Crippen LogP contribution < -0.4 is 27.0 Å². The fourth-order valence-electron chi connectivity index (χ4n) is 7.15. The highest BCUT2D eigenvalue weighted by atomic mass is 16.5. The number of benzene rings is 2. The zero-order valence-electron chi connectivity index (χ0n) is 33.8. The Morgan fingerprint density at radius 2 is 1.75 bits per heavy atom. The summed E-state index contributed by atoms with van der Waals surface area (Å²) in [7, 11) is 0. The molecule has 1 saturated carbocycles. The van der Waals surface area contributed by atoms with Crippen molar-refractivity contribution in [1.29, 1.82) is 0 Å². The molecular formula is C43H42N10O10. The lowest BCUT2D eigenvalue weighted by atomic mass is 9.99. The largest absolute Gasteiger partial charge is 0.444 e. The highest BCUT2D eigenvalue weighted by Crippen LogP contribution is 2.31. The van der Waals surface area contributed by atoms with E-state index in [1.807, 2.05) is 0 Å². The Bertz CT molecular complexity index is 2600. The van der Waals surface area contributed by atoms with Gasteiger partial charge in [0.2, 0.25) is 23.6 Å². The van der Waals surface area contributed by atoms with E-state index in [4.69, 9.17) is 19.6 Å². The van der Waals surface area contributed by atoms with Gasteiger partial charge in [-0.25, -0.2) is 14.6 Å². The number of rotatable bonds is 19. The molecule has 324 valence electrons. The maximum Gasteiger partial charge on any atom is 0.277 e. The van der Waals surface area contributed by atoms with Crippen LogP contribution in [-0.2, 0) is 30.3 Å². The van der Waals surface area contributed by atoms with Crippen molar-refractivity contribution in [2.75, 3.05) is 48.9 Å². The molecule has 1 aliphatic carbocycles. The van der Waals surface area contributed by atoms with E-state index in [-0.39, 0.29) is 66.8 Å². The van der Waals surface area contributed by atoms with Crippen LogP contribution in [0, 0.1) is 5.92 Å². The average molecular weight is 859 g/mol. The van der Waals surface area contributed by atoms with Crippen molar-refractivity contribution in [2.45, 2.75) is 44.6 Å². The molecular weight excluding hydrogens is 817 g/mol. The predicted molar refractivity (Wildman–Crippen MR) is 223 cm³/mol. The van der Waals surface area contributed by atoms with Gasteiger partial charge in [0, 0.05) is 37.0 Å². The highest BCUT2D eigenvalue weighted by molar-refractivity contribution is 6.24. The number of oxazole rings is 1. The summed E-state index contributed by atoms with van der Waals surface area (Å²) >= 11 is 0. The minimum absolute atomic E-state index is 0.0282. The lowest BCUT2D eigenvalue weighted by Crippen LogP contribution is -2.54. The number of nitrogens with one attached hydrogen (secondary N) is 4. The third-order valence-electron chi connectivity index (χ3n) is 10.5. The zero-order valence-corrected chi connectivity index (χ0v) is 33.8. The molecule has 5 heterocycles. The van der Waals surface area contributed by atoms with Crippen LogP contribution in [0.2, 0.25) is 0 Å². The van der Waals surface area contributed by atoms with Gasteiger partial charge in [-0.3, -0.25) is 43.8 Å². The smallest absolute Gasteiger partial charge is 0.277 e. The molecule has 2 aromatic carbocycles. The van der Waals surface area contributed by atoms with Crippen molar-refractivity contribution in [2.24, 2.45) is 11.7 Å². The molecule has 8 rings (SSSR count). The summed E-state index contributed by atoms with van der Waals surface area (Å²) in [6.45, 7) is 1.27. The summed E-state index contributed by atoms with van der Waals surface area (Å²) in [5.41, 5.74) is 8.17. The molecule has 20 heteroatoms. The zero-order chi connectivity index (χ0) is 44.0. The van der Waals surface area contributed by atoms with Gasteiger partial charge in [0.25, 0.3) is 23.6 Å². The first-order valence-corrected chi connectivity index (χ1v) is 20.3. The van der Waals surface area contributed by atoms with Crippen LogP contribution in [0.4, 0.5) is 17.2 Å². The van der Waals surface area contributed by atoms with E-state index in [0.29, 0.717) is 53.7 Å². The van der Waals surface area contributed by atoms with Crippen molar-refractivity contribution >= 4 is 58.5 Å². The lowest BCUT2D eigenvalue weighted by Gasteiger charge is -2.27. The summed E-state index contributed by atoms with van der Waals surface area (Å²) in [4.78, 5) is 97.9. The number of imide groups is 2. The Morgan fingerprint density at radius 3 is 2.52 bits per heavy atom. The van der Waals surface area contributed by atoms with Gasteiger partial charge in [-0.2, -0.15) is 5.10 Å². The van der Waals surface area contributed by atoms with Crippen LogP contribution in [0.25, 0.3) is 17.1 Å². The number of nitrogens with zero attached hydrogens (tertiary/aromatic N) is 5. The minimum atomic E-state index is -1.03. The Kier molecular flexibility index (Phi) is 12.4. The van der Waals surface area contributed by atoms with Crippen LogP contribution in [0.5, 0.6) is 0 Å². The summed E-state index contributed by atoms with van der Waals surface area (Å²) in [6, 6.07) is 14.0. The number of pyridine rings is 1. The van der Waals surface area contributed by atoms with Crippen molar-refractivity contribution in [3.05, 3.63) is 101 Å². The van der Waals surface area contributed by atoms with Crippen molar-refractivity contribution in [3.63, 3.8) is 0 Å². The fourth-order valence-corrected chi connectivity index (χ4v) is 7.15. The van der Waals surface area contributed by atoms with Crippen LogP contribution >= 0.6 is 0 Å². The summed E-state index contributed by atoms with van der Waals surface area (Å²) in [5, 5.41) is 15.1. The quantitative estimate of drug-likeness (QED) is 0.0590. The third-order valence-corrected chi connectivity index (χ3v) is 10.5. The molecule has 0 spiro atoms. The summed E-state index contributed by atoms with van der Waals surface area (Å²) < 4.78 is 18.0. The molecule has 7 amide bonds. The Hall–Kier alpha value is -7.58. The van der Waals surface area contributed by atoms with Crippen LogP contribution in [0.3, 0.4) is 0 Å². The molecule has 6 N–H and O–H groups in total. The molecule has 20 nitrogen and oxygen atoms in total.